The molecule has 4 heteroatoms. The summed E-state index contributed by atoms with van der Waals surface area (Å²) in [6.07, 6.45) is 1.81. The van der Waals surface area contributed by atoms with Crippen molar-refractivity contribution in [3.8, 4) is 0 Å². The number of fused-ring (bicyclic) bond motifs is 1. The molecule has 0 bridgehead atoms. The number of carbonyl (C=O) groups is 1. The first-order valence-electron chi connectivity index (χ1n) is 6.54. The van der Waals surface area contributed by atoms with Crippen LogP contribution < -0.4 is 10.6 Å². The van der Waals surface area contributed by atoms with Gasteiger partial charge in [0.1, 0.15) is 0 Å². The molecule has 1 unspecified atom stereocenters. The van der Waals surface area contributed by atoms with Gasteiger partial charge < -0.3 is 15.4 Å². The number of anilines is 1. The molecule has 0 spiro atoms. The molecule has 0 radical (unpaired) electrons. The van der Waals surface area contributed by atoms with E-state index in [0.29, 0.717) is 13.2 Å². The average Bonchev–Trinajstić information content (AvgIpc) is 2.93. The van der Waals surface area contributed by atoms with Crippen molar-refractivity contribution < 1.29 is 9.53 Å². The van der Waals surface area contributed by atoms with Crippen LogP contribution in [0.2, 0.25) is 0 Å². The summed E-state index contributed by atoms with van der Waals surface area (Å²) < 4.78 is 5.26. The Morgan fingerprint density at radius 3 is 3.22 bits per heavy atom. The minimum Gasteiger partial charge on any atom is -0.381 e. The lowest BCUT2D eigenvalue weighted by Gasteiger charge is -2.21. The van der Waals surface area contributed by atoms with Crippen LogP contribution in [0.4, 0.5) is 5.69 Å². The zero-order valence-electron chi connectivity index (χ0n) is 10.4. The summed E-state index contributed by atoms with van der Waals surface area (Å²) in [5.41, 5.74) is 3.55. The third-order valence-electron chi connectivity index (χ3n) is 3.70. The number of amides is 1. The van der Waals surface area contributed by atoms with Crippen LogP contribution in [0.25, 0.3) is 0 Å². The highest BCUT2D eigenvalue weighted by molar-refractivity contribution is 5.93. The summed E-state index contributed by atoms with van der Waals surface area (Å²) in [6, 6.07) is 6.13. The van der Waals surface area contributed by atoms with Gasteiger partial charge in [-0.1, -0.05) is 12.1 Å². The Morgan fingerprint density at radius 2 is 2.39 bits per heavy atom. The molecule has 2 aliphatic heterocycles. The standard InChI is InChI=1S/C14H18N2O2/c17-14(11-5-7-18-9-11)16-13-3-1-2-10-8-15-6-4-12(10)13/h1-3,11,15H,4-9H2,(H,16,17). The maximum absolute atomic E-state index is 12.1. The molecule has 4 nitrogen and oxygen atoms in total. The summed E-state index contributed by atoms with van der Waals surface area (Å²) in [6.45, 7) is 3.13. The Kier molecular flexibility index (Phi) is 3.30. The van der Waals surface area contributed by atoms with Crippen LogP contribution in [0, 0.1) is 5.92 Å². The van der Waals surface area contributed by atoms with Crippen LogP contribution in [0.5, 0.6) is 0 Å². The van der Waals surface area contributed by atoms with Crippen molar-refractivity contribution in [1.29, 1.82) is 0 Å². The van der Waals surface area contributed by atoms with Gasteiger partial charge in [0, 0.05) is 18.8 Å². The van der Waals surface area contributed by atoms with E-state index >= 15 is 0 Å². The van der Waals surface area contributed by atoms with E-state index in [1.54, 1.807) is 0 Å². The predicted octanol–water partition coefficient (Wildman–Crippen LogP) is 1.31. The monoisotopic (exact) mass is 246 g/mol. The summed E-state index contributed by atoms with van der Waals surface area (Å²) in [7, 11) is 0. The number of hydrogen-bond donors (Lipinski definition) is 2. The van der Waals surface area contributed by atoms with E-state index in [1.165, 1.54) is 11.1 Å². The molecule has 1 aromatic rings. The van der Waals surface area contributed by atoms with E-state index in [1.807, 2.05) is 12.1 Å². The highest BCUT2D eigenvalue weighted by Crippen LogP contribution is 2.24. The van der Waals surface area contributed by atoms with Gasteiger partial charge in [-0.15, -0.1) is 0 Å². The lowest BCUT2D eigenvalue weighted by molar-refractivity contribution is -0.119. The van der Waals surface area contributed by atoms with E-state index < -0.39 is 0 Å². The number of rotatable bonds is 2. The molecule has 0 saturated carbocycles. The van der Waals surface area contributed by atoms with Gasteiger partial charge in [0.05, 0.1) is 12.5 Å². The van der Waals surface area contributed by atoms with Crippen molar-refractivity contribution in [2.24, 2.45) is 5.92 Å². The molecule has 0 aliphatic carbocycles. The van der Waals surface area contributed by atoms with Crippen molar-refractivity contribution in [2.45, 2.75) is 19.4 Å². The lowest BCUT2D eigenvalue weighted by atomic mass is 9.98. The normalized spacial score (nSPS) is 22.6. The molecular formula is C14H18N2O2. The van der Waals surface area contributed by atoms with Crippen molar-refractivity contribution in [3.63, 3.8) is 0 Å². The maximum Gasteiger partial charge on any atom is 0.229 e. The van der Waals surface area contributed by atoms with Gasteiger partial charge in [-0.3, -0.25) is 4.79 Å². The maximum atomic E-state index is 12.1. The third-order valence-corrected chi connectivity index (χ3v) is 3.70. The minimum atomic E-state index is 0.0163. The second-order valence-electron chi connectivity index (χ2n) is 4.92. The number of nitrogens with one attached hydrogen (secondary N) is 2. The van der Waals surface area contributed by atoms with E-state index in [0.717, 1.165) is 31.6 Å². The Hall–Kier alpha value is -1.39. The molecule has 1 amide bonds. The predicted molar refractivity (Wildman–Crippen MR) is 69.4 cm³/mol. The quantitative estimate of drug-likeness (QED) is 0.827. The molecule has 2 aliphatic rings. The van der Waals surface area contributed by atoms with Gasteiger partial charge in [-0.2, -0.15) is 0 Å². The first-order valence-corrected chi connectivity index (χ1v) is 6.54. The molecule has 1 aromatic carbocycles. The number of benzene rings is 1. The van der Waals surface area contributed by atoms with Crippen LogP contribution in [-0.2, 0) is 22.5 Å². The zero-order chi connectivity index (χ0) is 12.4. The summed E-state index contributed by atoms with van der Waals surface area (Å²) in [5, 5.41) is 6.41. The van der Waals surface area contributed by atoms with Gasteiger partial charge in [-0.05, 0) is 36.6 Å². The van der Waals surface area contributed by atoms with Crippen molar-refractivity contribution in [3.05, 3.63) is 29.3 Å². The smallest absolute Gasteiger partial charge is 0.229 e. The van der Waals surface area contributed by atoms with Gasteiger partial charge in [0.2, 0.25) is 5.91 Å². The topological polar surface area (TPSA) is 50.4 Å². The second-order valence-corrected chi connectivity index (χ2v) is 4.92. The van der Waals surface area contributed by atoms with Crippen LogP contribution in [0.1, 0.15) is 17.5 Å². The van der Waals surface area contributed by atoms with Gasteiger partial charge in [0.15, 0.2) is 0 Å². The number of carbonyl (C=O) groups excluding carboxylic acids is 1. The molecular weight excluding hydrogens is 228 g/mol. The average molecular weight is 246 g/mol. The van der Waals surface area contributed by atoms with Crippen LogP contribution >= 0.6 is 0 Å². The fourth-order valence-electron chi connectivity index (χ4n) is 2.63. The minimum absolute atomic E-state index is 0.0163. The van der Waals surface area contributed by atoms with Crippen molar-refractivity contribution >= 4 is 11.6 Å². The third kappa shape index (κ3) is 2.26. The Labute approximate surface area is 107 Å². The van der Waals surface area contributed by atoms with E-state index in [2.05, 4.69) is 16.7 Å². The highest BCUT2D eigenvalue weighted by Gasteiger charge is 2.24. The number of ether oxygens (including phenoxy) is 1. The van der Waals surface area contributed by atoms with Gasteiger partial charge in [0.25, 0.3) is 0 Å². The molecule has 3 rings (SSSR count). The lowest BCUT2D eigenvalue weighted by Crippen LogP contribution is -2.27. The van der Waals surface area contributed by atoms with E-state index in [4.69, 9.17) is 4.74 Å². The summed E-state index contributed by atoms with van der Waals surface area (Å²) >= 11 is 0. The summed E-state index contributed by atoms with van der Waals surface area (Å²) in [5.74, 6) is 0.113. The van der Waals surface area contributed by atoms with Gasteiger partial charge >= 0.3 is 0 Å². The second kappa shape index (κ2) is 5.08. The Morgan fingerprint density at radius 1 is 1.44 bits per heavy atom. The zero-order valence-corrected chi connectivity index (χ0v) is 10.4. The molecule has 1 saturated heterocycles. The van der Waals surface area contributed by atoms with E-state index in [-0.39, 0.29) is 11.8 Å². The highest BCUT2D eigenvalue weighted by atomic mass is 16.5. The van der Waals surface area contributed by atoms with Crippen molar-refractivity contribution in [2.75, 3.05) is 25.1 Å². The first kappa shape index (κ1) is 11.7. The molecule has 1 atom stereocenters. The van der Waals surface area contributed by atoms with Crippen LogP contribution in [0.15, 0.2) is 18.2 Å². The molecule has 96 valence electrons. The van der Waals surface area contributed by atoms with Crippen LogP contribution in [0.3, 0.4) is 0 Å². The fraction of sp³-hybridized carbons (Fsp3) is 0.500. The molecule has 2 N–H and O–H groups in total. The Bertz CT molecular complexity index is 453. The summed E-state index contributed by atoms with van der Waals surface area (Å²) in [4.78, 5) is 12.1. The van der Waals surface area contributed by atoms with Crippen LogP contribution in [-0.4, -0.2) is 25.7 Å². The first-order chi connectivity index (χ1) is 8.84. The molecule has 1 fully saturated rings. The molecule has 18 heavy (non-hydrogen) atoms. The largest absolute Gasteiger partial charge is 0.381 e. The van der Waals surface area contributed by atoms with Crippen molar-refractivity contribution in [1.82, 2.24) is 5.32 Å². The fourth-order valence-corrected chi connectivity index (χ4v) is 2.63. The molecule has 0 aromatic heterocycles. The van der Waals surface area contributed by atoms with E-state index in [9.17, 15) is 4.79 Å². The number of hydrogen-bond acceptors (Lipinski definition) is 3. The SMILES string of the molecule is O=C(Nc1cccc2c1CCNC2)C1CCOC1. The molecule has 2 heterocycles. The van der Waals surface area contributed by atoms with Gasteiger partial charge in [-0.25, -0.2) is 0 Å². The Balaban J connectivity index is 1.77.